The van der Waals surface area contributed by atoms with Crippen molar-refractivity contribution >= 4 is 23.7 Å². The average molecular weight is 206 g/mol. The number of carbonyl (C=O) groups is 2. The van der Waals surface area contributed by atoms with Crippen LogP contribution in [0.3, 0.4) is 0 Å². The van der Waals surface area contributed by atoms with E-state index in [1.807, 2.05) is 6.92 Å². The standard InChI is InChI=1S/C8H14O4S/c1-2-13-5-6(3-7(9)10)4-8(11)12/h6H,2-5H2,1H3,(H,9,10)(H,11,12). The Balaban J connectivity index is 3.87. The van der Waals surface area contributed by atoms with Crippen molar-refractivity contribution in [3.05, 3.63) is 0 Å². The molecule has 0 saturated carbocycles. The van der Waals surface area contributed by atoms with Crippen molar-refractivity contribution in [1.82, 2.24) is 0 Å². The van der Waals surface area contributed by atoms with Gasteiger partial charge in [-0.2, -0.15) is 11.8 Å². The lowest BCUT2D eigenvalue weighted by Crippen LogP contribution is -2.14. The maximum absolute atomic E-state index is 10.4. The molecule has 76 valence electrons. The lowest BCUT2D eigenvalue weighted by molar-refractivity contribution is -0.140. The van der Waals surface area contributed by atoms with E-state index < -0.39 is 11.9 Å². The fourth-order valence-electron chi connectivity index (χ4n) is 0.968. The van der Waals surface area contributed by atoms with Gasteiger partial charge in [0.1, 0.15) is 0 Å². The van der Waals surface area contributed by atoms with Crippen LogP contribution >= 0.6 is 11.8 Å². The van der Waals surface area contributed by atoms with E-state index >= 15 is 0 Å². The van der Waals surface area contributed by atoms with Gasteiger partial charge in [0, 0.05) is 12.8 Å². The Morgan fingerprint density at radius 3 is 2.00 bits per heavy atom. The monoisotopic (exact) mass is 206 g/mol. The van der Waals surface area contributed by atoms with Crippen molar-refractivity contribution in [2.45, 2.75) is 19.8 Å². The van der Waals surface area contributed by atoms with Crippen molar-refractivity contribution in [2.24, 2.45) is 5.92 Å². The fraction of sp³-hybridized carbons (Fsp3) is 0.750. The first-order chi connectivity index (χ1) is 6.06. The Morgan fingerprint density at radius 2 is 1.69 bits per heavy atom. The fourth-order valence-corrected chi connectivity index (χ4v) is 1.77. The van der Waals surface area contributed by atoms with Crippen LogP contribution in [0.2, 0.25) is 0 Å². The smallest absolute Gasteiger partial charge is 0.303 e. The summed E-state index contributed by atoms with van der Waals surface area (Å²) in [7, 11) is 0. The van der Waals surface area contributed by atoms with E-state index in [2.05, 4.69) is 0 Å². The van der Waals surface area contributed by atoms with E-state index in [1.165, 1.54) is 0 Å². The van der Waals surface area contributed by atoms with Crippen LogP contribution in [0.5, 0.6) is 0 Å². The van der Waals surface area contributed by atoms with Gasteiger partial charge in [-0.15, -0.1) is 0 Å². The summed E-state index contributed by atoms with van der Waals surface area (Å²) in [6.07, 6.45) is -0.113. The summed E-state index contributed by atoms with van der Waals surface area (Å²) in [6, 6.07) is 0. The highest BCUT2D eigenvalue weighted by molar-refractivity contribution is 7.99. The van der Waals surface area contributed by atoms with Gasteiger partial charge in [0.05, 0.1) is 0 Å². The zero-order valence-corrected chi connectivity index (χ0v) is 8.34. The third kappa shape index (κ3) is 7.64. The van der Waals surface area contributed by atoms with Gasteiger partial charge in [0.25, 0.3) is 0 Å². The molecule has 0 radical (unpaired) electrons. The molecule has 0 spiro atoms. The first-order valence-electron chi connectivity index (χ1n) is 4.07. The topological polar surface area (TPSA) is 74.6 Å². The molecule has 4 nitrogen and oxygen atoms in total. The van der Waals surface area contributed by atoms with Crippen LogP contribution in [-0.2, 0) is 9.59 Å². The van der Waals surface area contributed by atoms with Gasteiger partial charge in [0.2, 0.25) is 0 Å². The molecule has 0 saturated heterocycles. The number of carboxylic acid groups (broad SMARTS) is 2. The molecule has 0 bridgehead atoms. The van der Waals surface area contributed by atoms with Gasteiger partial charge < -0.3 is 10.2 Å². The highest BCUT2D eigenvalue weighted by atomic mass is 32.2. The Bertz CT molecular complexity index is 165. The second kappa shape index (κ2) is 6.77. The summed E-state index contributed by atoms with van der Waals surface area (Å²) in [5.41, 5.74) is 0. The second-order valence-corrected chi connectivity index (χ2v) is 4.04. The second-order valence-electron chi connectivity index (χ2n) is 2.72. The van der Waals surface area contributed by atoms with E-state index in [0.29, 0.717) is 5.75 Å². The number of hydrogen-bond acceptors (Lipinski definition) is 3. The summed E-state index contributed by atoms with van der Waals surface area (Å²) in [5.74, 6) is -0.615. The van der Waals surface area contributed by atoms with Crippen LogP contribution in [0, 0.1) is 5.92 Å². The summed E-state index contributed by atoms with van der Waals surface area (Å²) in [6.45, 7) is 1.96. The molecule has 0 rings (SSSR count). The quantitative estimate of drug-likeness (QED) is 0.656. The van der Waals surface area contributed by atoms with Gasteiger partial charge in [-0.05, 0) is 17.4 Å². The highest BCUT2D eigenvalue weighted by Crippen LogP contribution is 2.15. The molecule has 0 aromatic heterocycles. The Kier molecular flexibility index (Phi) is 6.40. The summed E-state index contributed by atoms with van der Waals surface area (Å²) in [4.78, 5) is 20.7. The molecule has 0 aromatic carbocycles. The Morgan fingerprint density at radius 1 is 1.23 bits per heavy atom. The van der Waals surface area contributed by atoms with Gasteiger partial charge in [-0.25, -0.2) is 0 Å². The molecule has 5 heteroatoms. The maximum Gasteiger partial charge on any atom is 0.303 e. The van der Waals surface area contributed by atoms with Gasteiger partial charge in [-0.1, -0.05) is 6.92 Å². The molecule has 2 N–H and O–H groups in total. The normalized spacial score (nSPS) is 10.3. The van der Waals surface area contributed by atoms with Crippen molar-refractivity contribution in [1.29, 1.82) is 0 Å². The minimum absolute atomic E-state index is 0.0563. The molecular formula is C8H14O4S. The van der Waals surface area contributed by atoms with E-state index in [0.717, 1.165) is 5.75 Å². The number of rotatable bonds is 7. The lowest BCUT2D eigenvalue weighted by atomic mass is 10.0. The van der Waals surface area contributed by atoms with E-state index in [-0.39, 0.29) is 18.8 Å². The zero-order chi connectivity index (χ0) is 10.3. The molecule has 0 aromatic rings. The molecule has 13 heavy (non-hydrogen) atoms. The first-order valence-corrected chi connectivity index (χ1v) is 5.23. The van der Waals surface area contributed by atoms with E-state index in [1.54, 1.807) is 11.8 Å². The number of hydrogen-bond donors (Lipinski definition) is 2. The van der Waals surface area contributed by atoms with Crippen molar-refractivity contribution in [3.8, 4) is 0 Å². The van der Waals surface area contributed by atoms with Gasteiger partial charge in [-0.3, -0.25) is 9.59 Å². The Labute approximate surface area is 81.3 Å². The molecule has 0 amide bonds. The third-order valence-corrected chi connectivity index (χ3v) is 2.60. The summed E-state index contributed by atoms with van der Waals surface area (Å²) < 4.78 is 0. The molecular weight excluding hydrogens is 192 g/mol. The van der Waals surface area contributed by atoms with Crippen LogP contribution in [0.15, 0.2) is 0 Å². The number of thioether (sulfide) groups is 1. The van der Waals surface area contributed by atoms with E-state index in [4.69, 9.17) is 10.2 Å². The summed E-state index contributed by atoms with van der Waals surface area (Å²) in [5, 5.41) is 17.0. The van der Waals surface area contributed by atoms with Crippen molar-refractivity contribution in [3.63, 3.8) is 0 Å². The minimum atomic E-state index is -0.928. The molecule has 0 aliphatic rings. The SMILES string of the molecule is CCSCC(CC(=O)O)CC(=O)O. The molecule has 0 fully saturated rings. The first kappa shape index (κ1) is 12.3. The number of aliphatic carboxylic acids is 2. The zero-order valence-electron chi connectivity index (χ0n) is 7.52. The van der Waals surface area contributed by atoms with Crippen molar-refractivity contribution in [2.75, 3.05) is 11.5 Å². The van der Waals surface area contributed by atoms with Crippen LogP contribution < -0.4 is 0 Å². The molecule has 0 aliphatic heterocycles. The van der Waals surface area contributed by atoms with Crippen LogP contribution in [0.4, 0.5) is 0 Å². The minimum Gasteiger partial charge on any atom is -0.481 e. The van der Waals surface area contributed by atoms with Crippen LogP contribution in [0.1, 0.15) is 19.8 Å². The van der Waals surface area contributed by atoms with Crippen LogP contribution in [-0.4, -0.2) is 33.7 Å². The predicted octanol–water partition coefficient (Wildman–Crippen LogP) is 1.31. The average Bonchev–Trinajstić information content (AvgIpc) is 1.98. The van der Waals surface area contributed by atoms with Crippen molar-refractivity contribution < 1.29 is 19.8 Å². The largest absolute Gasteiger partial charge is 0.481 e. The number of carboxylic acids is 2. The summed E-state index contributed by atoms with van der Waals surface area (Å²) >= 11 is 1.57. The van der Waals surface area contributed by atoms with E-state index in [9.17, 15) is 9.59 Å². The van der Waals surface area contributed by atoms with Gasteiger partial charge >= 0.3 is 11.9 Å². The lowest BCUT2D eigenvalue weighted by Gasteiger charge is -2.10. The van der Waals surface area contributed by atoms with Gasteiger partial charge in [0.15, 0.2) is 0 Å². The molecule has 0 aliphatic carbocycles. The Hall–Kier alpha value is -0.710. The molecule has 0 heterocycles. The third-order valence-electron chi connectivity index (χ3n) is 1.48. The molecule has 0 unspecified atom stereocenters. The molecule has 0 atom stereocenters. The van der Waals surface area contributed by atoms with Crippen LogP contribution in [0.25, 0.3) is 0 Å². The maximum atomic E-state index is 10.4. The predicted molar refractivity (Wildman–Crippen MR) is 51.0 cm³/mol. The highest BCUT2D eigenvalue weighted by Gasteiger charge is 2.16.